The largest absolute Gasteiger partial charge is 0.493 e. The number of benzene rings is 1. The summed E-state index contributed by atoms with van der Waals surface area (Å²) in [4.78, 5) is 13.1. The Morgan fingerprint density at radius 3 is 1.84 bits per heavy atom. The van der Waals surface area contributed by atoms with Gasteiger partial charge in [-0.3, -0.25) is 0 Å². The van der Waals surface area contributed by atoms with Crippen LogP contribution in [-0.4, -0.2) is 19.8 Å². The molecule has 2 aromatic rings. The SMILES string of the molecule is CCCCCCCCCCOc1ccc2c(OCCCCCCCCCC)c(OC/C=C(\C)CCC=C(C)C)c(=O)oc2c1. The standard InChI is InChI=1S/C39H62O5/c1-6-8-10-12-14-16-18-20-28-41-34-25-26-35-36(31-34)44-39(40)38(43-30-27-33(5)24-22-23-32(3)4)37(35)42-29-21-19-17-15-13-11-9-7-2/h23,25-27,31H,6-22,24,28-30H2,1-5H3/b33-27+. The Morgan fingerprint density at radius 1 is 0.682 bits per heavy atom. The van der Waals surface area contributed by atoms with E-state index in [0.29, 0.717) is 36.9 Å². The normalized spacial score (nSPS) is 11.6. The van der Waals surface area contributed by atoms with E-state index in [0.717, 1.165) is 37.5 Å². The van der Waals surface area contributed by atoms with Gasteiger partial charge in [-0.05, 0) is 64.7 Å². The molecule has 0 aliphatic rings. The van der Waals surface area contributed by atoms with E-state index < -0.39 is 5.63 Å². The van der Waals surface area contributed by atoms with Gasteiger partial charge in [0.2, 0.25) is 5.75 Å². The van der Waals surface area contributed by atoms with Crippen LogP contribution in [0, 0.1) is 0 Å². The van der Waals surface area contributed by atoms with Crippen LogP contribution in [0.1, 0.15) is 150 Å². The molecule has 2 rings (SSSR count). The van der Waals surface area contributed by atoms with Crippen molar-refractivity contribution < 1.29 is 18.6 Å². The molecule has 1 aromatic heterocycles. The maximum Gasteiger partial charge on any atom is 0.383 e. The Bertz CT molecular complexity index is 1160. The van der Waals surface area contributed by atoms with Gasteiger partial charge in [0, 0.05) is 6.07 Å². The van der Waals surface area contributed by atoms with E-state index in [2.05, 4.69) is 40.7 Å². The molecule has 0 spiro atoms. The third-order valence-corrected chi connectivity index (χ3v) is 8.05. The predicted octanol–water partition coefficient (Wildman–Crippen LogP) is 11.9. The summed E-state index contributed by atoms with van der Waals surface area (Å²) in [6.45, 7) is 12.3. The van der Waals surface area contributed by atoms with E-state index in [1.807, 2.05) is 24.3 Å². The molecular weight excluding hydrogens is 548 g/mol. The van der Waals surface area contributed by atoms with Crippen molar-refractivity contribution in [1.29, 1.82) is 0 Å². The summed E-state index contributed by atoms with van der Waals surface area (Å²) in [7, 11) is 0. The predicted molar refractivity (Wildman–Crippen MR) is 187 cm³/mol. The van der Waals surface area contributed by atoms with Crippen LogP contribution in [0.2, 0.25) is 0 Å². The molecule has 0 atom stereocenters. The van der Waals surface area contributed by atoms with Crippen molar-refractivity contribution in [3.63, 3.8) is 0 Å². The van der Waals surface area contributed by atoms with Crippen molar-refractivity contribution >= 4 is 11.0 Å². The minimum Gasteiger partial charge on any atom is -0.493 e. The van der Waals surface area contributed by atoms with E-state index >= 15 is 0 Å². The summed E-state index contributed by atoms with van der Waals surface area (Å²) >= 11 is 0. The zero-order chi connectivity index (χ0) is 31.8. The molecule has 248 valence electrons. The van der Waals surface area contributed by atoms with Gasteiger partial charge >= 0.3 is 5.63 Å². The van der Waals surface area contributed by atoms with Crippen LogP contribution in [0.4, 0.5) is 0 Å². The number of ether oxygens (including phenoxy) is 3. The Kier molecular flexibility index (Phi) is 20.2. The molecule has 0 radical (unpaired) electrons. The zero-order valence-electron chi connectivity index (χ0n) is 28.8. The van der Waals surface area contributed by atoms with Crippen LogP contribution < -0.4 is 19.8 Å². The second kappa shape index (κ2) is 23.7. The topological polar surface area (TPSA) is 57.9 Å². The molecule has 0 fully saturated rings. The van der Waals surface area contributed by atoms with Crippen LogP contribution in [0.15, 0.2) is 50.7 Å². The smallest absolute Gasteiger partial charge is 0.383 e. The second-order valence-electron chi connectivity index (χ2n) is 12.5. The van der Waals surface area contributed by atoms with E-state index in [4.69, 9.17) is 18.6 Å². The highest BCUT2D eigenvalue weighted by Crippen LogP contribution is 2.35. The molecule has 0 N–H and O–H groups in total. The van der Waals surface area contributed by atoms with Gasteiger partial charge in [-0.2, -0.15) is 0 Å². The van der Waals surface area contributed by atoms with Crippen LogP contribution in [0.5, 0.6) is 17.2 Å². The lowest BCUT2D eigenvalue weighted by Crippen LogP contribution is -2.11. The lowest BCUT2D eigenvalue weighted by atomic mass is 10.1. The number of hydrogen-bond acceptors (Lipinski definition) is 5. The zero-order valence-corrected chi connectivity index (χ0v) is 28.8. The molecule has 0 saturated carbocycles. The summed E-state index contributed by atoms with van der Waals surface area (Å²) in [6.07, 6.45) is 26.1. The molecular formula is C39H62O5. The number of fused-ring (bicyclic) bond motifs is 1. The Hall–Kier alpha value is -2.69. The first-order valence-corrected chi connectivity index (χ1v) is 17.7. The summed E-state index contributed by atoms with van der Waals surface area (Å²) in [5.74, 6) is 1.34. The first kappa shape index (κ1) is 37.5. The van der Waals surface area contributed by atoms with Gasteiger partial charge in [-0.15, -0.1) is 0 Å². The van der Waals surface area contributed by atoms with Gasteiger partial charge in [0.1, 0.15) is 17.9 Å². The minimum absolute atomic E-state index is 0.151. The van der Waals surface area contributed by atoms with Gasteiger partial charge in [0.25, 0.3) is 0 Å². The van der Waals surface area contributed by atoms with Crippen molar-refractivity contribution in [2.75, 3.05) is 19.8 Å². The molecule has 0 amide bonds. The minimum atomic E-state index is -0.515. The van der Waals surface area contributed by atoms with Crippen molar-refractivity contribution in [2.24, 2.45) is 0 Å². The number of hydrogen-bond donors (Lipinski definition) is 0. The Balaban J connectivity index is 2.03. The maximum atomic E-state index is 13.1. The van der Waals surface area contributed by atoms with E-state index in [1.165, 1.54) is 94.6 Å². The average molecular weight is 611 g/mol. The van der Waals surface area contributed by atoms with Crippen LogP contribution in [-0.2, 0) is 0 Å². The molecule has 0 aliphatic carbocycles. The fourth-order valence-corrected chi connectivity index (χ4v) is 5.29. The fraction of sp³-hybridized carbons (Fsp3) is 0.667. The highest BCUT2D eigenvalue weighted by Gasteiger charge is 2.18. The monoisotopic (exact) mass is 610 g/mol. The Labute approximate surface area is 268 Å². The van der Waals surface area contributed by atoms with E-state index in [1.54, 1.807) is 0 Å². The molecule has 5 heteroatoms. The van der Waals surface area contributed by atoms with Gasteiger partial charge in [0.05, 0.1) is 18.6 Å². The molecule has 5 nitrogen and oxygen atoms in total. The fourth-order valence-electron chi connectivity index (χ4n) is 5.29. The van der Waals surface area contributed by atoms with Gasteiger partial charge in [-0.1, -0.05) is 121 Å². The lowest BCUT2D eigenvalue weighted by Gasteiger charge is -2.14. The highest BCUT2D eigenvalue weighted by atomic mass is 16.5. The molecule has 44 heavy (non-hydrogen) atoms. The average Bonchev–Trinajstić information content (AvgIpc) is 3.00. The molecule has 1 heterocycles. The molecule has 0 saturated heterocycles. The van der Waals surface area contributed by atoms with Crippen LogP contribution in [0.3, 0.4) is 0 Å². The van der Waals surface area contributed by atoms with Crippen LogP contribution >= 0.6 is 0 Å². The summed E-state index contributed by atoms with van der Waals surface area (Å²) in [6, 6.07) is 5.67. The number of unbranched alkanes of at least 4 members (excludes halogenated alkanes) is 14. The third kappa shape index (κ3) is 15.9. The summed E-state index contributed by atoms with van der Waals surface area (Å²) in [5, 5.41) is 0.739. The van der Waals surface area contributed by atoms with Crippen molar-refractivity contribution in [3.05, 3.63) is 51.9 Å². The quantitative estimate of drug-likeness (QED) is 0.0602. The first-order chi connectivity index (χ1) is 21.5. The maximum absolute atomic E-state index is 13.1. The number of rotatable bonds is 26. The lowest BCUT2D eigenvalue weighted by molar-refractivity contribution is 0.269. The first-order valence-electron chi connectivity index (χ1n) is 17.7. The van der Waals surface area contributed by atoms with E-state index in [-0.39, 0.29) is 5.75 Å². The van der Waals surface area contributed by atoms with E-state index in [9.17, 15) is 4.79 Å². The molecule has 1 aromatic carbocycles. The summed E-state index contributed by atoms with van der Waals surface area (Å²) in [5.41, 5.74) is 2.50. The van der Waals surface area contributed by atoms with Crippen LogP contribution in [0.25, 0.3) is 11.0 Å². The molecule has 0 unspecified atom stereocenters. The second-order valence-corrected chi connectivity index (χ2v) is 12.5. The molecule has 0 bridgehead atoms. The van der Waals surface area contributed by atoms with Crippen molar-refractivity contribution in [3.8, 4) is 17.2 Å². The van der Waals surface area contributed by atoms with Gasteiger partial charge < -0.3 is 18.6 Å². The number of allylic oxidation sites excluding steroid dienone is 3. The van der Waals surface area contributed by atoms with Gasteiger partial charge in [0.15, 0.2) is 5.75 Å². The third-order valence-electron chi connectivity index (χ3n) is 8.05. The summed E-state index contributed by atoms with van der Waals surface area (Å²) < 4.78 is 24.0. The highest BCUT2D eigenvalue weighted by molar-refractivity contribution is 5.86. The van der Waals surface area contributed by atoms with Crippen molar-refractivity contribution in [1.82, 2.24) is 0 Å². The molecule has 0 aliphatic heterocycles. The van der Waals surface area contributed by atoms with Gasteiger partial charge in [-0.25, -0.2) is 4.79 Å². The van der Waals surface area contributed by atoms with Crippen molar-refractivity contribution in [2.45, 2.75) is 150 Å². The Morgan fingerprint density at radius 2 is 1.25 bits per heavy atom.